The fourth-order valence-electron chi connectivity index (χ4n) is 0.749. The zero-order valence-electron chi connectivity index (χ0n) is 6.37. The van der Waals surface area contributed by atoms with Gasteiger partial charge >= 0.3 is 5.97 Å². The predicted octanol–water partition coefficient (Wildman–Crippen LogP) is 1.69. The molecule has 0 radical (unpaired) electrons. The molecule has 0 amide bonds. The molecule has 1 unspecified atom stereocenters. The maximum atomic E-state index is 10.5. The van der Waals surface area contributed by atoms with Gasteiger partial charge < -0.3 is 10.8 Å². The number of aliphatic carboxylic acids is 1. The van der Waals surface area contributed by atoms with Gasteiger partial charge in [-0.15, -0.1) is 0 Å². The first-order valence-electron chi connectivity index (χ1n) is 3.31. The second-order valence-electron chi connectivity index (χ2n) is 2.36. The summed E-state index contributed by atoms with van der Waals surface area (Å²) in [6.07, 6.45) is 1.42. The number of pyridine rings is 1. The molecule has 0 aliphatic carbocycles. The lowest BCUT2D eigenvalue weighted by Gasteiger charge is -2.06. The molecule has 1 atom stereocenters. The number of aromatic nitrogens is 1. The predicted molar refractivity (Wildman–Crippen MR) is 54.2 cm³/mol. The van der Waals surface area contributed by atoms with E-state index in [2.05, 4.69) is 36.8 Å². The number of carboxylic acid groups (broad SMARTS) is 1. The van der Waals surface area contributed by atoms with Gasteiger partial charge in [0.15, 0.2) is 0 Å². The van der Waals surface area contributed by atoms with E-state index >= 15 is 0 Å². The third-order valence-electron chi connectivity index (χ3n) is 1.44. The van der Waals surface area contributed by atoms with Gasteiger partial charge in [-0.3, -0.25) is 4.79 Å². The Labute approximate surface area is 91.4 Å². The lowest BCUT2D eigenvalue weighted by molar-refractivity contribution is -0.138. The first-order valence-corrected chi connectivity index (χ1v) is 4.90. The highest BCUT2D eigenvalue weighted by Gasteiger charge is 2.15. The molecular weight excluding hydrogens is 304 g/mol. The Hall–Kier alpha value is -0.460. The monoisotopic (exact) mass is 308 g/mol. The van der Waals surface area contributed by atoms with Crippen LogP contribution in [0.25, 0.3) is 0 Å². The number of carbonyl (C=O) groups is 1. The first kappa shape index (κ1) is 10.6. The van der Waals surface area contributed by atoms with Crippen molar-refractivity contribution in [3.05, 3.63) is 26.9 Å². The van der Waals surface area contributed by atoms with Gasteiger partial charge in [0.2, 0.25) is 0 Å². The average molecular weight is 310 g/mol. The summed E-state index contributed by atoms with van der Waals surface area (Å²) >= 11 is 6.37. The molecule has 0 aliphatic heterocycles. The largest absolute Gasteiger partial charge is 0.480 e. The van der Waals surface area contributed by atoms with Crippen LogP contribution in [0, 0.1) is 0 Å². The van der Waals surface area contributed by atoms with Crippen LogP contribution in [0.2, 0.25) is 0 Å². The highest BCUT2D eigenvalue weighted by atomic mass is 79.9. The molecule has 0 aliphatic rings. The van der Waals surface area contributed by atoms with Crippen LogP contribution in [0.15, 0.2) is 21.3 Å². The van der Waals surface area contributed by atoms with E-state index in [0.29, 0.717) is 14.6 Å². The van der Waals surface area contributed by atoms with Gasteiger partial charge in [-0.1, -0.05) is 0 Å². The third-order valence-corrected chi connectivity index (χ3v) is 3.21. The highest BCUT2D eigenvalue weighted by molar-refractivity contribution is 9.13. The Balaban J connectivity index is 3.03. The molecule has 0 bridgehead atoms. The van der Waals surface area contributed by atoms with Gasteiger partial charge in [-0.25, -0.2) is 4.98 Å². The zero-order valence-corrected chi connectivity index (χ0v) is 9.54. The van der Waals surface area contributed by atoms with Crippen molar-refractivity contribution < 1.29 is 9.90 Å². The Morgan fingerprint density at radius 2 is 2.23 bits per heavy atom. The Morgan fingerprint density at radius 3 is 2.69 bits per heavy atom. The zero-order chi connectivity index (χ0) is 10.0. The molecule has 0 spiro atoms. The lowest BCUT2D eigenvalue weighted by atomic mass is 10.1. The molecule has 1 rings (SSSR count). The van der Waals surface area contributed by atoms with E-state index in [0.717, 1.165) is 0 Å². The van der Waals surface area contributed by atoms with E-state index in [4.69, 9.17) is 10.8 Å². The molecule has 0 saturated carbocycles. The minimum Gasteiger partial charge on any atom is -0.480 e. The van der Waals surface area contributed by atoms with Crippen molar-refractivity contribution in [1.29, 1.82) is 0 Å². The second kappa shape index (κ2) is 4.17. The molecular formula is C7H6Br2N2O2. The molecule has 0 saturated heterocycles. The van der Waals surface area contributed by atoms with Gasteiger partial charge in [-0.05, 0) is 43.5 Å². The maximum Gasteiger partial charge on any atom is 0.325 e. The van der Waals surface area contributed by atoms with E-state index in [1.54, 1.807) is 6.07 Å². The molecule has 4 nitrogen and oxygen atoms in total. The number of nitrogens with zero attached hydrogens (tertiary/aromatic N) is 1. The molecule has 13 heavy (non-hydrogen) atoms. The van der Waals surface area contributed by atoms with E-state index in [9.17, 15) is 4.79 Å². The van der Waals surface area contributed by atoms with E-state index in [1.165, 1.54) is 6.20 Å². The summed E-state index contributed by atoms with van der Waals surface area (Å²) in [5.41, 5.74) is 5.84. The standard InChI is InChI=1S/C7H6Br2N2O2/c8-4-1-3(2-11-6(4)9)5(10)7(12)13/h1-2,5H,10H2,(H,12,13). The maximum absolute atomic E-state index is 10.5. The highest BCUT2D eigenvalue weighted by Crippen LogP contribution is 2.23. The van der Waals surface area contributed by atoms with Gasteiger partial charge in [-0.2, -0.15) is 0 Å². The fourth-order valence-corrected chi connectivity index (χ4v) is 1.33. The van der Waals surface area contributed by atoms with Crippen molar-refractivity contribution in [3.8, 4) is 0 Å². The summed E-state index contributed by atoms with van der Waals surface area (Å²) in [6, 6.07) is 0.590. The lowest BCUT2D eigenvalue weighted by Crippen LogP contribution is -2.20. The van der Waals surface area contributed by atoms with Crippen LogP contribution in [0.3, 0.4) is 0 Å². The van der Waals surface area contributed by atoms with Crippen molar-refractivity contribution >= 4 is 37.8 Å². The quantitative estimate of drug-likeness (QED) is 0.815. The molecule has 1 heterocycles. The smallest absolute Gasteiger partial charge is 0.325 e. The number of rotatable bonds is 2. The van der Waals surface area contributed by atoms with Crippen LogP contribution >= 0.6 is 31.9 Å². The molecule has 70 valence electrons. The second-order valence-corrected chi connectivity index (χ2v) is 3.96. The first-order chi connectivity index (χ1) is 6.02. The number of hydrogen-bond donors (Lipinski definition) is 2. The van der Waals surface area contributed by atoms with Gasteiger partial charge in [0, 0.05) is 6.20 Å². The summed E-state index contributed by atoms with van der Waals surface area (Å²) in [6.45, 7) is 0. The molecule has 1 aromatic heterocycles. The van der Waals surface area contributed by atoms with E-state index < -0.39 is 12.0 Å². The fraction of sp³-hybridized carbons (Fsp3) is 0.143. The van der Waals surface area contributed by atoms with Crippen molar-refractivity contribution in [3.63, 3.8) is 0 Å². The number of carboxylic acids is 1. The van der Waals surface area contributed by atoms with Crippen LogP contribution in [0.1, 0.15) is 11.6 Å². The van der Waals surface area contributed by atoms with Gasteiger partial charge in [0.25, 0.3) is 0 Å². The van der Waals surface area contributed by atoms with Crippen molar-refractivity contribution in [1.82, 2.24) is 4.98 Å². The average Bonchev–Trinajstić information content (AvgIpc) is 2.08. The number of halogens is 2. The minimum absolute atomic E-state index is 0.461. The summed E-state index contributed by atoms with van der Waals surface area (Å²) in [4.78, 5) is 14.4. The Bertz CT molecular complexity index is 343. The van der Waals surface area contributed by atoms with Crippen molar-refractivity contribution in [2.24, 2.45) is 5.73 Å². The molecule has 0 aromatic carbocycles. The molecule has 3 N–H and O–H groups in total. The third kappa shape index (κ3) is 2.49. The SMILES string of the molecule is NC(C(=O)O)c1cnc(Br)c(Br)c1. The summed E-state index contributed by atoms with van der Waals surface area (Å²) < 4.78 is 1.30. The van der Waals surface area contributed by atoms with Crippen LogP contribution in [-0.4, -0.2) is 16.1 Å². The Morgan fingerprint density at radius 1 is 1.62 bits per heavy atom. The molecule has 1 aromatic rings. The van der Waals surface area contributed by atoms with Crippen LogP contribution in [-0.2, 0) is 4.79 Å². The number of hydrogen-bond acceptors (Lipinski definition) is 3. The van der Waals surface area contributed by atoms with Crippen LogP contribution in [0.5, 0.6) is 0 Å². The van der Waals surface area contributed by atoms with Crippen LogP contribution in [0.4, 0.5) is 0 Å². The van der Waals surface area contributed by atoms with E-state index in [-0.39, 0.29) is 0 Å². The van der Waals surface area contributed by atoms with Crippen LogP contribution < -0.4 is 5.73 Å². The molecule has 6 heteroatoms. The normalized spacial score (nSPS) is 12.5. The summed E-state index contributed by atoms with van der Waals surface area (Å²) in [7, 11) is 0. The van der Waals surface area contributed by atoms with Crippen molar-refractivity contribution in [2.75, 3.05) is 0 Å². The van der Waals surface area contributed by atoms with E-state index in [1.807, 2.05) is 0 Å². The summed E-state index contributed by atoms with van der Waals surface area (Å²) in [5.74, 6) is -1.07. The number of nitrogens with two attached hydrogens (primary N) is 1. The minimum atomic E-state index is -1.07. The van der Waals surface area contributed by atoms with Gasteiger partial charge in [0.1, 0.15) is 10.6 Å². The van der Waals surface area contributed by atoms with Crippen molar-refractivity contribution in [2.45, 2.75) is 6.04 Å². The molecule has 0 fully saturated rings. The Kier molecular flexibility index (Phi) is 3.40. The topological polar surface area (TPSA) is 76.2 Å². The summed E-state index contributed by atoms with van der Waals surface area (Å²) in [5, 5.41) is 8.62. The van der Waals surface area contributed by atoms with Gasteiger partial charge in [0.05, 0.1) is 4.47 Å².